The zero-order chi connectivity index (χ0) is 16.5. The Morgan fingerprint density at radius 2 is 1.64 bits per heavy atom. The van der Waals surface area contributed by atoms with Crippen molar-refractivity contribution >= 4 is 0 Å². The third-order valence-electron chi connectivity index (χ3n) is 3.67. The molecule has 3 heteroatoms. The smallest absolute Gasteiger partial charge is 0.0934 e. The quantitative estimate of drug-likeness (QED) is 0.288. The zero-order valence-corrected chi connectivity index (χ0v) is 15.3. The van der Waals surface area contributed by atoms with E-state index in [1.165, 1.54) is 44.9 Å². The highest BCUT2D eigenvalue weighted by atomic mass is 16.5. The van der Waals surface area contributed by atoms with Crippen LogP contribution >= 0.6 is 0 Å². The van der Waals surface area contributed by atoms with Gasteiger partial charge in [-0.15, -0.1) is 6.58 Å². The average molecular weight is 314 g/mol. The number of allylic oxidation sites excluding steroid dienone is 1. The van der Waals surface area contributed by atoms with E-state index in [0.717, 1.165) is 39.2 Å². The summed E-state index contributed by atoms with van der Waals surface area (Å²) in [5.74, 6) is 0. The van der Waals surface area contributed by atoms with Gasteiger partial charge in [0.2, 0.25) is 0 Å². The fourth-order valence-corrected chi connectivity index (χ4v) is 2.40. The Morgan fingerprint density at radius 3 is 2.32 bits per heavy atom. The summed E-state index contributed by atoms with van der Waals surface area (Å²) in [5, 5.41) is 0. The van der Waals surface area contributed by atoms with Gasteiger partial charge in [-0.3, -0.25) is 0 Å². The van der Waals surface area contributed by atoms with Crippen molar-refractivity contribution < 1.29 is 9.47 Å². The minimum absolute atomic E-state index is 0.199. The number of hydrogen-bond donors (Lipinski definition) is 0. The van der Waals surface area contributed by atoms with E-state index in [1.807, 2.05) is 6.08 Å². The van der Waals surface area contributed by atoms with Gasteiger partial charge in [0.25, 0.3) is 0 Å². The second kappa shape index (κ2) is 17.0. The molecule has 0 rings (SSSR count). The number of rotatable bonds is 17. The average Bonchev–Trinajstić information content (AvgIpc) is 2.49. The first-order valence-electron chi connectivity index (χ1n) is 9.15. The first kappa shape index (κ1) is 21.6. The Labute approximate surface area is 139 Å². The molecule has 0 N–H and O–H groups in total. The molecule has 0 spiro atoms. The number of unbranched alkanes of at least 4 members (excludes halogenated alkanes) is 7. The van der Waals surface area contributed by atoms with Gasteiger partial charge in [-0.25, -0.2) is 0 Å². The molecular formula is C19H39NO2. The Hall–Kier alpha value is -0.380. The van der Waals surface area contributed by atoms with Crippen LogP contribution in [0.4, 0.5) is 0 Å². The van der Waals surface area contributed by atoms with Crippen LogP contribution in [0.5, 0.6) is 0 Å². The van der Waals surface area contributed by atoms with Gasteiger partial charge in [-0.2, -0.15) is 0 Å². The number of ether oxygens (including phenoxy) is 2. The molecule has 0 radical (unpaired) electrons. The van der Waals surface area contributed by atoms with Crippen LogP contribution in [0.25, 0.3) is 0 Å². The predicted molar refractivity (Wildman–Crippen MR) is 96.5 cm³/mol. The van der Waals surface area contributed by atoms with Gasteiger partial charge >= 0.3 is 0 Å². The summed E-state index contributed by atoms with van der Waals surface area (Å²) in [4.78, 5) is 2.17. The van der Waals surface area contributed by atoms with Crippen LogP contribution in [0, 0.1) is 0 Å². The third-order valence-corrected chi connectivity index (χ3v) is 3.67. The van der Waals surface area contributed by atoms with Crippen LogP contribution in [0.15, 0.2) is 12.7 Å². The van der Waals surface area contributed by atoms with E-state index in [4.69, 9.17) is 9.47 Å². The van der Waals surface area contributed by atoms with Crippen molar-refractivity contribution in [3.63, 3.8) is 0 Å². The van der Waals surface area contributed by atoms with Gasteiger partial charge in [0.1, 0.15) is 0 Å². The Kier molecular flexibility index (Phi) is 16.7. The molecule has 0 aromatic heterocycles. The number of hydrogen-bond acceptors (Lipinski definition) is 3. The van der Waals surface area contributed by atoms with E-state index in [1.54, 1.807) is 0 Å². The summed E-state index contributed by atoms with van der Waals surface area (Å²) in [5.41, 5.74) is 0. The summed E-state index contributed by atoms with van der Waals surface area (Å²) in [6.07, 6.45) is 13.3. The van der Waals surface area contributed by atoms with E-state index in [9.17, 15) is 0 Å². The highest BCUT2D eigenvalue weighted by Gasteiger charge is 2.10. The van der Waals surface area contributed by atoms with Gasteiger partial charge in [-0.05, 0) is 39.8 Å². The molecule has 132 valence electrons. The highest BCUT2D eigenvalue weighted by Crippen LogP contribution is 2.05. The van der Waals surface area contributed by atoms with Crippen molar-refractivity contribution in [1.29, 1.82) is 0 Å². The van der Waals surface area contributed by atoms with E-state index in [-0.39, 0.29) is 6.10 Å². The van der Waals surface area contributed by atoms with Gasteiger partial charge in [0.15, 0.2) is 0 Å². The van der Waals surface area contributed by atoms with Crippen molar-refractivity contribution in [2.45, 2.75) is 70.8 Å². The predicted octanol–water partition coefficient (Wildman–Crippen LogP) is 4.67. The fraction of sp³-hybridized carbons (Fsp3) is 0.895. The van der Waals surface area contributed by atoms with Crippen LogP contribution in [-0.4, -0.2) is 51.5 Å². The van der Waals surface area contributed by atoms with Gasteiger partial charge in [0, 0.05) is 19.8 Å². The molecule has 0 bridgehead atoms. The first-order valence-corrected chi connectivity index (χ1v) is 9.15. The van der Waals surface area contributed by atoms with Crippen LogP contribution in [0.2, 0.25) is 0 Å². The molecule has 1 atom stereocenters. The third kappa shape index (κ3) is 16.0. The SMILES string of the molecule is C=CCCCCCOC(COCCCCCCC)CN(C)C. The van der Waals surface area contributed by atoms with Crippen LogP contribution < -0.4 is 0 Å². The summed E-state index contributed by atoms with van der Waals surface area (Å²) in [6, 6.07) is 0. The molecule has 0 aliphatic carbocycles. The molecule has 0 saturated carbocycles. The van der Waals surface area contributed by atoms with Crippen LogP contribution in [0.1, 0.15) is 64.7 Å². The Morgan fingerprint density at radius 1 is 0.955 bits per heavy atom. The number of nitrogens with zero attached hydrogens (tertiary/aromatic N) is 1. The molecule has 1 unspecified atom stereocenters. The lowest BCUT2D eigenvalue weighted by atomic mass is 10.2. The molecule has 3 nitrogen and oxygen atoms in total. The van der Waals surface area contributed by atoms with Crippen LogP contribution in [-0.2, 0) is 9.47 Å². The van der Waals surface area contributed by atoms with E-state index < -0.39 is 0 Å². The van der Waals surface area contributed by atoms with Crippen molar-refractivity contribution in [2.75, 3.05) is 40.5 Å². The van der Waals surface area contributed by atoms with Crippen molar-refractivity contribution in [1.82, 2.24) is 4.90 Å². The summed E-state index contributed by atoms with van der Waals surface area (Å²) >= 11 is 0. The minimum atomic E-state index is 0.199. The molecule has 22 heavy (non-hydrogen) atoms. The number of likely N-dealkylation sites (N-methyl/N-ethyl adjacent to an activating group) is 1. The van der Waals surface area contributed by atoms with Crippen molar-refractivity contribution in [3.05, 3.63) is 12.7 Å². The summed E-state index contributed by atoms with van der Waals surface area (Å²) < 4.78 is 11.8. The maximum absolute atomic E-state index is 5.99. The van der Waals surface area contributed by atoms with E-state index in [0.29, 0.717) is 0 Å². The second-order valence-electron chi connectivity index (χ2n) is 6.38. The maximum Gasteiger partial charge on any atom is 0.0934 e. The zero-order valence-electron chi connectivity index (χ0n) is 15.3. The maximum atomic E-state index is 5.99. The molecule has 0 aromatic carbocycles. The molecule has 0 aliphatic rings. The largest absolute Gasteiger partial charge is 0.379 e. The lowest BCUT2D eigenvalue weighted by molar-refractivity contribution is -0.0287. The molecule has 0 aliphatic heterocycles. The first-order chi connectivity index (χ1) is 10.7. The van der Waals surface area contributed by atoms with Crippen molar-refractivity contribution in [3.8, 4) is 0 Å². The monoisotopic (exact) mass is 313 g/mol. The summed E-state index contributed by atoms with van der Waals surface area (Å²) in [6.45, 7) is 9.37. The van der Waals surface area contributed by atoms with E-state index >= 15 is 0 Å². The Balaban J connectivity index is 3.62. The molecular weight excluding hydrogens is 274 g/mol. The Bertz CT molecular complexity index is 231. The molecule has 0 aromatic rings. The molecule has 0 saturated heterocycles. The highest BCUT2D eigenvalue weighted by molar-refractivity contribution is 4.65. The fourth-order valence-electron chi connectivity index (χ4n) is 2.40. The van der Waals surface area contributed by atoms with E-state index in [2.05, 4.69) is 32.5 Å². The van der Waals surface area contributed by atoms with Gasteiger partial charge < -0.3 is 14.4 Å². The second-order valence-corrected chi connectivity index (χ2v) is 6.38. The topological polar surface area (TPSA) is 21.7 Å². The molecule has 0 heterocycles. The standard InChI is InChI=1S/C19H39NO2/c1-5-7-9-11-13-15-21-18-19(17-20(3)4)22-16-14-12-10-8-6-2/h6,19H,2,5,7-18H2,1,3-4H3. The van der Waals surface area contributed by atoms with Gasteiger partial charge in [-0.1, -0.05) is 45.1 Å². The minimum Gasteiger partial charge on any atom is -0.379 e. The lowest BCUT2D eigenvalue weighted by Gasteiger charge is -2.21. The summed E-state index contributed by atoms with van der Waals surface area (Å²) in [7, 11) is 4.18. The molecule has 0 amide bonds. The molecule has 0 fully saturated rings. The van der Waals surface area contributed by atoms with Crippen LogP contribution in [0.3, 0.4) is 0 Å². The lowest BCUT2D eigenvalue weighted by Crippen LogP contribution is -2.32. The van der Waals surface area contributed by atoms with Crippen molar-refractivity contribution in [2.24, 2.45) is 0 Å². The van der Waals surface area contributed by atoms with Gasteiger partial charge in [0.05, 0.1) is 12.7 Å². The normalized spacial score (nSPS) is 12.7.